The van der Waals surface area contributed by atoms with Crippen molar-refractivity contribution in [2.75, 3.05) is 13.6 Å². The zero-order chi connectivity index (χ0) is 22.5. The first kappa shape index (κ1) is 21.5. The molecule has 0 aliphatic carbocycles. The van der Waals surface area contributed by atoms with Gasteiger partial charge in [-0.15, -0.1) is 0 Å². The number of aromatic nitrogens is 2. The average molecular weight is 450 g/mol. The Morgan fingerprint density at radius 2 is 1.78 bits per heavy atom. The molecule has 4 aromatic rings. The summed E-state index contributed by atoms with van der Waals surface area (Å²) in [6, 6.07) is 22.3. The summed E-state index contributed by atoms with van der Waals surface area (Å²) in [5.41, 5.74) is 2.28. The van der Waals surface area contributed by atoms with Gasteiger partial charge >= 0.3 is 5.97 Å². The van der Waals surface area contributed by atoms with E-state index in [1.54, 1.807) is 24.1 Å². The van der Waals surface area contributed by atoms with E-state index in [4.69, 9.17) is 26.0 Å². The van der Waals surface area contributed by atoms with E-state index in [0.29, 0.717) is 34.6 Å². The lowest BCUT2D eigenvalue weighted by molar-refractivity contribution is -0.138. The monoisotopic (exact) mass is 449 g/mol. The standard InChI is InChI=1S/C24H20ClN3O4/c1-28(15-22(29)30)14-16-7-12-20(21(25)13-16)23-26-24(32-27-23)17-8-10-19(11-9-17)31-18-5-3-2-4-6-18/h2-13H,14-15H2,1H3,(H,29,30). The molecule has 3 aromatic carbocycles. The molecule has 0 aliphatic rings. The second kappa shape index (κ2) is 9.64. The fraction of sp³-hybridized carbons (Fsp3) is 0.125. The molecule has 0 amide bonds. The Balaban J connectivity index is 1.47. The highest BCUT2D eigenvalue weighted by Gasteiger charge is 2.15. The van der Waals surface area contributed by atoms with Gasteiger partial charge in [0.2, 0.25) is 5.82 Å². The lowest BCUT2D eigenvalue weighted by Gasteiger charge is -2.14. The summed E-state index contributed by atoms with van der Waals surface area (Å²) in [5.74, 6) is 1.32. The van der Waals surface area contributed by atoms with Crippen LogP contribution in [0.2, 0.25) is 5.02 Å². The Bertz CT molecular complexity index is 1210. The third kappa shape index (κ3) is 5.32. The molecule has 4 rings (SSSR count). The molecule has 7 nitrogen and oxygen atoms in total. The summed E-state index contributed by atoms with van der Waals surface area (Å²) in [4.78, 5) is 17.0. The number of rotatable bonds is 8. The summed E-state index contributed by atoms with van der Waals surface area (Å²) in [5, 5.41) is 13.4. The first-order valence-electron chi connectivity index (χ1n) is 9.84. The highest BCUT2D eigenvalue weighted by molar-refractivity contribution is 6.33. The number of para-hydroxylation sites is 1. The van der Waals surface area contributed by atoms with Gasteiger partial charge in [-0.05, 0) is 61.1 Å². The molecule has 32 heavy (non-hydrogen) atoms. The first-order chi connectivity index (χ1) is 15.5. The predicted molar refractivity (Wildman–Crippen MR) is 121 cm³/mol. The molecule has 0 radical (unpaired) electrons. The van der Waals surface area contributed by atoms with Crippen LogP contribution in [0.25, 0.3) is 22.8 Å². The molecule has 0 fully saturated rings. The number of halogens is 1. The number of carboxylic acids is 1. The van der Waals surface area contributed by atoms with E-state index in [0.717, 1.165) is 16.9 Å². The second-order valence-electron chi connectivity index (χ2n) is 7.24. The first-order valence-corrected chi connectivity index (χ1v) is 10.2. The molecule has 1 heterocycles. The minimum Gasteiger partial charge on any atom is -0.480 e. The number of ether oxygens (including phenoxy) is 1. The van der Waals surface area contributed by atoms with Crippen LogP contribution in [0.3, 0.4) is 0 Å². The summed E-state index contributed by atoms with van der Waals surface area (Å²) in [7, 11) is 1.73. The van der Waals surface area contributed by atoms with Crippen molar-refractivity contribution in [2.24, 2.45) is 0 Å². The third-order valence-electron chi connectivity index (χ3n) is 4.64. The molecule has 0 saturated carbocycles. The molecule has 8 heteroatoms. The summed E-state index contributed by atoms with van der Waals surface area (Å²) >= 11 is 6.43. The van der Waals surface area contributed by atoms with E-state index < -0.39 is 5.97 Å². The average Bonchev–Trinajstić information content (AvgIpc) is 3.24. The Morgan fingerprint density at radius 1 is 1.06 bits per heavy atom. The topological polar surface area (TPSA) is 88.7 Å². The van der Waals surface area contributed by atoms with Gasteiger partial charge in [0.1, 0.15) is 11.5 Å². The number of carbonyl (C=O) groups is 1. The number of carboxylic acid groups (broad SMARTS) is 1. The Kier molecular flexibility index (Phi) is 6.49. The van der Waals surface area contributed by atoms with Crippen LogP contribution in [-0.2, 0) is 11.3 Å². The number of hydrogen-bond donors (Lipinski definition) is 1. The summed E-state index contributed by atoms with van der Waals surface area (Å²) < 4.78 is 11.2. The van der Waals surface area contributed by atoms with E-state index in [1.165, 1.54) is 0 Å². The lowest BCUT2D eigenvalue weighted by Crippen LogP contribution is -2.25. The highest BCUT2D eigenvalue weighted by atomic mass is 35.5. The van der Waals surface area contributed by atoms with Crippen molar-refractivity contribution >= 4 is 17.6 Å². The van der Waals surface area contributed by atoms with Gasteiger partial charge in [-0.1, -0.05) is 41.0 Å². The number of hydrogen-bond acceptors (Lipinski definition) is 6. The van der Waals surface area contributed by atoms with Gasteiger partial charge in [-0.25, -0.2) is 0 Å². The predicted octanol–water partition coefficient (Wildman–Crippen LogP) is 5.37. The molecule has 0 unspecified atom stereocenters. The summed E-state index contributed by atoms with van der Waals surface area (Å²) in [6.07, 6.45) is 0. The Hall–Kier alpha value is -3.68. The smallest absolute Gasteiger partial charge is 0.317 e. The van der Waals surface area contributed by atoms with Crippen LogP contribution >= 0.6 is 11.6 Å². The van der Waals surface area contributed by atoms with Crippen LogP contribution in [0, 0.1) is 0 Å². The van der Waals surface area contributed by atoms with Crippen molar-refractivity contribution in [3.8, 4) is 34.3 Å². The van der Waals surface area contributed by atoms with Crippen LogP contribution in [-0.4, -0.2) is 39.7 Å². The molecule has 0 saturated heterocycles. The minimum atomic E-state index is -0.880. The van der Waals surface area contributed by atoms with Crippen LogP contribution in [0.1, 0.15) is 5.56 Å². The van der Waals surface area contributed by atoms with Crippen LogP contribution in [0.4, 0.5) is 0 Å². The largest absolute Gasteiger partial charge is 0.480 e. The second-order valence-corrected chi connectivity index (χ2v) is 7.65. The molecule has 0 aliphatic heterocycles. The number of nitrogens with zero attached hydrogens (tertiary/aromatic N) is 3. The fourth-order valence-corrected chi connectivity index (χ4v) is 3.46. The summed E-state index contributed by atoms with van der Waals surface area (Å²) in [6.45, 7) is 0.407. The van der Waals surface area contributed by atoms with Crippen LogP contribution in [0.5, 0.6) is 11.5 Å². The van der Waals surface area contributed by atoms with Crippen LogP contribution < -0.4 is 4.74 Å². The molecule has 162 valence electrons. The van der Waals surface area contributed by atoms with Crippen molar-refractivity contribution < 1.29 is 19.2 Å². The molecule has 0 bridgehead atoms. The van der Waals surface area contributed by atoms with E-state index >= 15 is 0 Å². The maximum atomic E-state index is 10.8. The highest BCUT2D eigenvalue weighted by Crippen LogP contribution is 2.30. The Morgan fingerprint density at radius 3 is 2.47 bits per heavy atom. The minimum absolute atomic E-state index is 0.0528. The zero-order valence-corrected chi connectivity index (χ0v) is 18.0. The van der Waals surface area contributed by atoms with Gasteiger partial charge in [0.25, 0.3) is 5.89 Å². The molecule has 1 N–H and O–H groups in total. The molecular formula is C24H20ClN3O4. The maximum Gasteiger partial charge on any atom is 0.317 e. The number of likely N-dealkylation sites (N-methyl/N-ethyl adjacent to an activating group) is 1. The van der Waals surface area contributed by atoms with E-state index in [1.807, 2.05) is 60.7 Å². The van der Waals surface area contributed by atoms with Crippen LogP contribution in [0.15, 0.2) is 77.3 Å². The van der Waals surface area contributed by atoms with Gasteiger partial charge in [0, 0.05) is 17.7 Å². The van der Waals surface area contributed by atoms with Crippen molar-refractivity contribution in [1.82, 2.24) is 15.0 Å². The normalized spacial score (nSPS) is 11.0. The van der Waals surface area contributed by atoms with Crippen molar-refractivity contribution in [2.45, 2.75) is 6.54 Å². The van der Waals surface area contributed by atoms with Crippen molar-refractivity contribution in [1.29, 1.82) is 0 Å². The van der Waals surface area contributed by atoms with E-state index in [-0.39, 0.29) is 6.54 Å². The van der Waals surface area contributed by atoms with Gasteiger partial charge in [-0.3, -0.25) is 9.69 Å². The van der Waals surface area contributed by atoms with Gasteiger partial charge in [0.15, 0.2) is 0 Å². The van der Waals surface area contributed by atoms with E-state index in [9.17, 15) is 4.79 Å². The molecular weight excluding hydrogens is 430 g/mol. The third-order valence-corrected chi connectivity index (χ3v) is 4.95. The molecule has 1 aromatic heterocycles. The van der Waals surface area contributed by atoms with E-state index in [2.05, 4.69) is 10.1 Å². The zero-order valence-electron chi connectivity index (χ0n) is 17.2. The van der Waals surface area contributed by atoms with Crippen molar-refractivity contribution in [3.05, 3.63) is 83.4 Å². The van der Waals surface area contributed by atoms with Gasteiger partial charge in [0.05, 0.1) is 11.6 Å². The Labute approximate surface area is 189 Å². The fourth-order valence-electron chi connectivity index (χ4n) is 3.18. The lowest BCUT2D eigenvalue weighted by atomic mass is 10.1. The van der Waals surface area contributed by atoms with Crippen molar-refractivity contribution in [3.63, 3.8) is 0 Å². The van der Waals surface area contributed by atoms with Gasteiger partial charge < -0.3 is 14.4 Å². The number of benzene rings is 3. The SMILES string of the molecule is CN(CC(=O)O)Cc1ccc(-c2noc(-c3ccc(Oc4ccccc4)cc3)n2)c(Cl)c1. The maximum absolute atomic E-state index is 10.8. The quantitative estimate of drug-likeness (QED) is 0.387. The molecule has 0 atom stereocenters. The number of aliphatic carboxylic acids is 1. The molecule has 0 spiro atoms. The van der Waals surface area contributed by atoms with Gasteiger partial charge in [-0.2, -0.15) is 4.98 Å².